The standard InChI is InChI=1S/C26H39N3O2S2/c1-4-7-8-22-17-24(13-14-25(22)28-19-30)33-29-18-20-9-11-21(12-10-20)26(31)27-16-15-23(5-2)32-6-3/h5-6,13-14,17,19-21,29H,3-4,7-12,15-16,18H2,1-2H3,(H,27,31)(H,28,30)/b23-5-. The smallest absolute Gasteiger partial charge is 0.223 e. The van der Waals surface area contributed by atoms with Crippen LogP contribution in [0.4, 0.5) is 5.69 Å². The lowest BCUT2D eigenvalue weighted by Crippen LogP contribution is -2.35. The molecule has 0 aliphatic heterocycles. The van der Waals surface area contributed by atoms with Gasteiger partial charge in [-0.1, -0.05) is 26.0 Å². The van der Waals surface area contributed by atoms with Gasteiger partial charge in [0.05, 0.1) is 0 Å². The van der Waals surface area contributed by atoms with Crippen molar-refractivity contribution in [2.45, 2.75) is 70.1 Å². The number of thioether (sulfide) groups is 1. The second kappa shape index (κ2) is 16.0. The summed E-state index contributed by atoms with van der Waals surface area (Å²) in [5.41, 5.74) is 2.09. The number of amides is 2. The molecule has 182 valence electrons. The predicted octanol–water partition coefficient (Wildman–Crippen LogP) is 6.29. The quantitative estimate of drug-likeness (QED) is 0.200. The number of hydrogen-bond acceptors (Lipinski definition) is 5. The van der Waals surface area contributed by atoms with Gasteiger partial charge in [-0.2, -0.15) is 0 Å². The lowest BCUT2D eigenvalue weighted by Gasteiger charge is -2.28. The summed E-state index contributed by atoms with van der Waals surface area (Å²) in [5.74, 6) is 0.961. The maximum atomic E-state index is 12.5. The molecule has 5 nitrogen and oxygen atoms in total. The van der Waals surface area contributed by atoms with Crippen molar-refractivity contribution in [2.24, 2.45) is 11.8 Å². The second-order valence-electron chi connectivity index (χ2n) is 8.43. The molecule has 0 radical (unpaired) electrons. The fraction of sp³-hybridized carbons (Fsp3) is 0.538. The van der Waals surface area contributed by atoms with Crippen molar-refractivity contribution in [3.8, 4) is 0 Å². The molecule has 0 spiro atoms. The Morgan fingerprint density at radius 1 is 1.24 bits per heavy atom. The number of aryl methyl sites for hydroxylation is 1. The summed E-state index contributed by atoms with van der Waals surface area (Å²) in [7, 11) is 0. The van der Waals surface area contributed by atoms with Crippen molar-refractivity contribution < 1.29 is 9.59 Å². The number of carbonyl (C=O) groups is 2. The van der Waals surface area contributed by atoms with E-state index in [0.717, 1.165) is 70.0 Å². The number of nitrogens with one attached hydrogen (secondary N) is 3. The molecule has 1 aromatic rings. The van der Waals surface area contributed by atoms with Gasteiger partial charge in [-0.15, -0.1) is 11.8 Å². The molecule has 1 aliphatic carbocycles. The van der Waals surface area contributed by atoms with Gasteiger partial charge in [-0.3, -0.25) is 14.3 Å². The Kier molecular flexibility index (Phi) is 13.4. The van der Waals surface area contributed by atoms with E-state index in [-0.39, 0.29) is 11.8 Å². The van der Waals surface area contributed by atoms with Gasteiger partial charge in [0.2, 0.25) is 12.3 Å². The van der Waals surface area contributed by atoms with Crippen molar-refractivity contribution in [1.29, 1.82) is 0 Å². The van der Waals surface area contributed by atoms with E-state index in [1.165, 1.54) is 15.4 Å². The average molecular weight is 490 g/mol. The van der Waals surface area contributed by atoms with E-state index in [9.17, 15) is 9.59 Å². The van der Waals surface area contributed by atoms with Crippen LogP contribution in [0.2, 0.25) is 0 Å². The van der Waals surface area contributed by atoms with Crippen LogP contribution >= 0.6 is 23.7 Å². The minimum absolute atomic E-state index is 0.147. The summed E-state index contributed by atoms with van der Waals surface area (Å²) < 4.78 is 3.52. The molecular formula is C26H39N3O2S2. The lowest BCUT2D eigenvalue weighted by molar-refractivity contribution is -0.126. The molecule has 2 amide bonds. The summed E-state index contributed by atoms with van der Waals surface area (Å²) in [4.78, 5) is 25.8. The van der Waals surface area contributed by atoms with E-state index < -0.39 is 0 Å². The summed E-state index contributed by atoms with van der Waals surface area (Å²) in [5, 5.41) is 7.75. The number of rotatable bonds is 15. The predicted molar refractivity (Wildman–Crippen MR) is 143 cm³/mol. The molecule has 0 aromatic heterocycles. The maximum Gasteiger partial charge on any atom is 0.223 e. The molecule has 33 heavy (non-hydrogen) atoms. The van der Waals surface area contributed by atoms with Gasteiger partial charge in [0.15, 0.2) is 0 Å². The van der Waals surface area contributed by atoms with E-state index in [2.05, 4.69) is 41.0 Å². The Balaban J connectivity index is 1.70. The van der Waals surface area contributed by atoms with Gasteiger partial charge in [-0.25, -0.2) is 0 Å². The van der Waals surface area contributed by atoms with Gasteiger partial charge in [0.25, 0.3) is 0 Å². The SMILES string of the molecule is C=CS/C(=C\C)CCNC(=O)C1CCC(CNSc2ccc(NC=O)c(CCCC)c2)CC1. The van der Waals surface area contributed by atoms with Gasteiger partial charge < -0.3 is 10.6 Å². The first kappa shape index (κ1) is 27.5. The van der Waals surface area contributed by atoms with Crippen LogP contribution in [0.15, 0.2) is 46.1 Å². The fourth-order valence-electron chi connectivity index (χ4n) is 4.12. The highest BCUT2D eigenvalue weighted by Gasteiger charge is 2.26. The zero-order valence-electron chi connectivity index (χ0n) is 20.0. The first-order valence-corrected chi connectivity index (χ1v) is 13.7. The number of allylic oxidation sites excluding steroid dienone is 1. The number of anilines is 1. The summed E-state index contributed by atoms with van der Waals surface area (Å²) in [6.07, 6.45) is 11.0. The summed E-state index contributed by atoms with van der Waals surface area (Å²) >= 11 is 3.28. The Bertz CT molecular complexity index is 790. The molecule has 1 aromatic carbocycles. The Hall–Kier alpha value is -1.70. The molecule has 7 heteroatoms. The van der Waals surface area contributed by atoms with Crippen LogP contribution in [0, 0.1) is 11.8 Å². The first-order chi connectivity index (χ1) is 16.1. The molecular weight excluding hydrogens is 450 g/mol. The van der Waals surface area contributed by atoms with Crippen LogP contribution in [-0.2, 0) is 16.0 Å². The molecule has 0 atom stereocenters. The fourth-order valence-corrected chi connectivity index (χ4v) is 5.51. The average Bonchev–Trinajstić information content (AvgIpc) is 2.83. The van der Waals surface area contributed by atoms with Crippen LogP contribution in [0.5, 0.6) is 0 Å². The van der Waals surface area contributed by atoms with E-state index in [4.69, 9.17) is 0 Å². The minimum atomic E-state index is 0.147. The second-order valence-corrected chi connectivity index (χ2v) is 10.5. The maximum absolute atomic E-state index is 12.5. The van der Waals surface area contributed by atoms with Crippen LogP contribution in [0.25, 0.3) is 0 Å². The van der Waals surface area contributed by atoms with Crippen molar-refractivity contribution >= 4 is 41.7 Å². The van der Waals surface area contributed by atoms with Crippen LogP contribution in [0.3, 0.4) is 0 Å². The third-order valence-corrected chi connectivity index (χ3v) is 7.81. The molecule has 2 rings (SSSR count). The van der Waals surface area contributed by atoms with Gasteiger partial charge in [0, 0.05) is 29.6 Å². The highest BCUT2D eigenvalue weighted by Crippen LogP contribution is 2.30. The molecule has 3 N–H and O–H groups in total. The Morgan fingerprint density at radius 3 is 2.70 bits per heavy atom. The third kappa shape index (κ3) is 9.98. The zero-order valence-corrected chi connectivity index (χ0v) is 21.7. The van der Waals surface area contributed by atoms with Crippen LogP contribution in [0.1, 0.15) is 64.4 Å². The number of hydrogen-bond donors (Lipinski definition) is 3. The summed E-state index contributed by atoms with van der Waals surface area (Å²) in [6.45, 7) is 9.58. The van der Waals surface area contributed by atoms with Crippen molar-refractivity contribution in [2.75, 3.05) is 18.4 Å². The molecule has 1 fully saturated rings. The topological polar surface area (TPSA) is 70.2 Å². The van der Waals surface area contributed by atoms with Crippen LogP contribution in [-0.4, -0.2) is 25.4 Å². The zero-order chi connectivity index (χ0) is 23.9. The summed E-state index contributed by atoms with van der Waals surface area (Å²) in [6, 6.07) is 6.21. The molecule has 0 heterocycles. The largest absolute Gasteiger partial charge is 0.356 e. The Labute approximate surface area is 208 Å². The Morgan fingerprint density at radius 2 is 2.03 bits per heavy atom. The lowest BCUT2D eigenvalue weighted by atomic mass is 9.81. The van der Waals surface area contributed by atoms with Gasteiger partial charge >= 0.3 is 0 Å². The van der Waals surface area contributed by atoms with Crippen LogP contribution < -0.4 is 15.4 Å². The van der Waals surface area contributed by atoms with Gasteiger partial charge in [-0.05, 0) is 104 Å². The number of unbranched alkanes of at least 4 members (excludes halogenated alkanes) is 1. The molecule has 1 saturated carbocycles. The highest BCUT2D eigenvalue weighted by molar-refractivity contribution is 8.05. The van der Waals surface area contributed by atoms with Gasteiger partial charge in [0.1, 0.15) is 0 Å². The van der Waals surface area contributed by atoms with E-state index in [0.29, 0.717) is 12.5 Å². The molecule has 0 bridgehead atoms. The van der Waals surface area contributed by atoms with Crippen molar-refractivity contribution in [1.82, 2.24) is 10.0 Å². The third-order valence-electron chi connectivity index (χ3n) is 6.10. The monoisotopic (exact) mass is 489 g/mol. The molecule has 1 aliphatic rings. The van der Waals surface area contributed by atoms with Crippen molar-refractivity contribution in [3.05, 3.63) is 46.7 Å². The van der Waals surface area contributed by atoms with Crippen molar-refractivity contribution in [3.63, 3.8) is 0 Å². The minimum Gasteiger partial charge on any atom is -0.356 e. The van der Waals surface area contributed by atoms with E-state index in [1.807, 2.05) is 24.5 Å². The van der Waals surface area contributed by atoms with E-state index in [1.54, 1.807) is 23.7 Å². The first-order valence-electron chi connectivity index (χ1n) is 12.0. The normalized spacial score (nSPS) is 18.5. The highest BCUT2D eigenvalue weighted by atomic mass is 32.2. The number of benzene rings is 1. The number of carbonyl (C=O) groups excluding carboxylic acids is 2. The van der Waals surface area contributed by atoms with E-state index >= 15 is 0 Å². The molecule has 0 saturated heterocycles. The molecule has 0 unspecified atom stereocenters.